The highest BCUT2D eigenvalue weighted by Crippen LogP contribution is 2.00. The van der Waals surface area contributed by atoms with E-state index in [4.69, 9.17) is 4.42 Å². The maximum absolute atomic E-state index is 11.3. The normalized spacial score (nSPS) is 10.5. The van der Waals surface area contributed by atoms with Crippen LogP contribution in [0.15, 0.2) is 10.7 Å². The molecule has 0 aromatic carbocycles. The van der Waals surface area contributed by atoms with E-state index in [2.05, 4.69) is 10.3 Å². The number of carbonyl (C=O) groups excluding carboxylic acids is 1. The van der Waals surface area contributed by atoms with Crippen molar-refractivity contribution >= 4 is 5.91 Å². The van der Waals surface area contributed by atoms with Gasteiger partial charge in [-0.2, -0.15) is 0 Å². The van der Waals surface area contributed by atoms with Crippen LogP contribution in [0.5, 0.6) is 0 Å². The third kappa shape index (κ3) is 2.89. The molecule has 0 saturated carbocycles. The summed E-state index contributed by atoms with van der Waals surface area (Å²) in [6.45, 7) is 6.44. The van der Waals surface area contributed by atoms with Crippen molar-refractivity contribution in [2.24, 2.45) is 5.92 Å². The Bertz CT molecular complexity index is 292. The third-order valence-corrected chi connectivity index (χ3v) is 1.52. The van der Waals surface area contributed by atoms with E-state index in [0.717, 1.165) is 0 Å². The molecule has 0 fully saturated rings. The lowest BCUT2D eigenvalue weighted by atomic mass is 10.2. The van der Waals surface area contributed by atoms with Crippen molar-refractivity contribution in [2.45, 2.75) is 20.8 Å². The molecule has 1 aromatic rings. The van der Waals surface area contributed by atoms with E-state index in [1.807, 2.05) is 13.8 Å². The fourth-order valence-electron chi connectivity index (χ4n) is 0.855. The topological polar surface area (TPSA) is 55.1 Å². The summed E-state index contributed by atoms with van der Waals surface area (Å²) < 4.78 is 4.92. The second kappa shape index (κ2) is 4.07. The molecule has 0 unspecified atom stereocenters. The molecule has 4 nitrogen and oxygen atoms in total. The van der Waals surface area contributed by atoms with E-state index in [9.17, 15) is 4.79 Å². The van der Waals surface area contributed by atoms with Gasteiger partial charge in [0.2, 0.25) is 0 Å². The quantitative estimate of drug-likeness (QED) is 0.768. The van der Waals surface area contributed by atoms with Crippen LogP contribution >= 0.6 is 0 Å². The molecule has 0 bridgehead atoms. The first kappa shape index (κ1) is 9.77. The monoisotopic (exact) mass is 182 g/mol. The minimum atomic E-state index is -0.175. The van der Waals surface area contributed by atoms with Crippen molar-refractivity contribution in [3.8, 4) is 0 Å². The Labute approximate surface area is 77.3 Å². The highest BCUT2D eigenvalue weighted by molar-refractivity contribution is 5.91. The van der Waals surface area contributed by atoms with Gasteiger partial charge in [0.1, 0.15) is 6.26 Å². The maximum Gasteiger partial charge on any atom is 0.273 e. The molecule has 1 amide bonds. The summed E-state index contributed by atoms with van der Waals surface area (Å²) in [5.74, 6) is 0.775. The van der Waals surface area contributed by atoms with E-state index in [1.165, 1.54) is 6.26 Å². The zero-order chi connectivity index (χ0) is 9.84. The number of hydrogen-bond acceptors (Lipinski definition) is 3. The fourth-order valence-corrected chi connectivity index (χ4v) is 0.855. The van der Waals surface area contributed by atoms with Gasteiger partial charge >= 0.3 is 0 Å². The van der Waals surface area contributed by atoms with Crippen LogP contribution in [0.2, 0.25) is 0 Å². The lowest BCUT2D eigenvalue weighted by Gasteiger charge is -2.04. The van der Waals surface area contributed by atoms with E-state index >= 15 is 0 Å². The van der Waals surface area contributed by atoms with Crippen LogP contribution in [0.3, 0.4) is 0 Å². The molecule has 0 spiro atoms. The van der Waals surface area contributed by atoms with Crippen molar-refractivity contribution in [1.29, 1.82) is 0 Å². The highest BCUT2D eigenvalue weighted by atomic mass is 16.3. The first-order valence-electron chi connectivity index (χ1n) is 4.30. The second-order valence-corrected chi connectivity index (χ2v) is 3.36. The van der Waals surface area contributed by atoms with Gasteiger partial charge < -0.3 is 9.73 Å². The van der Waals surface area contributed by atoms with Gasteiger partial charge in [0.05, 0.1) is 0 Å². The lowest BCUT2D eigenvalue weighted by molar-refractivity contribution is 0.0944. The van der Waals surface area contributed by atoms with Crippen molar-refractivity contribution < 1.29 is 9.21 Å². The Morgan fingerprint density at radius 1 is 1.69 bits per heavy atom. The first-order valence-corrected chi connectivity index (χ1v) is 4.30. The van der Waals surface area contributed by atoms with Gasteiger partial charge in [0.15, 0.2) is 11.6 Å². The number of rotatable bonds is 3. The molecular weight excluding hydrogens is 168 g/mol. The summed E-state index contributed by atoms with van der Waals surface area (Å²) in [5.41, 5.74) is 0.346. The van der Waals surface area contributed by atoms with Crippen molar-refractivity contribution in [2.75, 3.05) is 6.54 Å². The van der Waals surface area contributed by atoms with Crippen LogP contribution in [-0.4, -0.2) is 17.4 Å². The fraction of sp³-hybridized carbons (Fsp3) is 0.556. The zero-order valence-electron chi connectivity index (χ0n) is 8.13. The van der Waals surface area contributed by atoms with Gasteiger partial charge in [-0.25, -0.2) is 4.98 Å². The summed E-state index contributed by atoms with van der Waals surface area (Å²) in [6, 6.07) is 0. The van der Waals surface area contributed by atoms with Crippen LogP contribution in [0, 0.1) is 12.8 Å². The Morgan fingerprint density at radius 3 is 2.85 bits per heavy atom. The molecule has 0 aliphatic carbocycles. The van der Waals surface area contributed by atoms with Crippen molar-refractivity contribution in [3.63, 3.8) is 0 Å². The Hall–Kier alpha value is -1.32. The van der Waals surface area contributed by atoms with Crippen LogP contribution in [0.1, 0.15) is 30.2 Å². The van der Waals surface area contributed by atoms with Crippen LogP contribution in [0.4, 0.5) is 0 Å². The molecule has 72 valence electrons. The van der Waals surface area contributed by atoms with Crippen molar-refractivity contribution in [1.82, 2.24) is 10.3 Å². The van der Waals surface area contributed by atoms with Gasteiger partial charge in [-0.15, -0.1) is 0 Å². The molecule has 4 heteroatoms. The Balaban J connectivity index is 2.49. The standard InChI is InChI=1S/C9H14N2O2/c1-6(2)4-10-9(12)8-5-13-7(3)11-8/h5-6H,4H2,1-3H3,(H,10,12). The predicted octanol–water partition coefficient (Wildman–Crippen LogP) is 1.37. The largest absolute Gasteiger partial charge is 0.448 e. The molecule has 1 aromatic heterocycles. The van der Waals surface area contributed by atoms with Crippen LogP contribution in [0.25, 0.3) is 0 Å². The van der Waals surface area contributed by atoms with Gasteiger partial charge in [0, 0.05) is 13.5 Å². The number of hydrogen-bond donors (Lipinski definition) is 1. The summed E-state index contributed by atoms with van der Waals surface area (Å²) in [6.07, 6.45) is 1.37. The van der Waals surface area contributed by atoms with E-state index < -0.39 is 0 Å². The predicted molar refractivity (Wildman–Crippen MR) is 48.4 cm³/mol. The average Bonchev–Trinajstić information content (AvgIpc) is 2.47. The SMILES string of the molecule is Cc1nc(C(=O)NCC(C)C)co1. The number of oxazole rings is 1. The summed E-state index contributed by atoms with van der Waals surface area (Å²) >= 11 is 0. The average molecular weight is 182 g/mol. The number of amides is 1. The van der Waals surface area contributed by atoms with Gasteiger partial charge in [-0.05, 0) is 5.92 Å². The van der Waals surface area contributed by atoms with Gasteiger partial charge in [0.25, 0.3) is 5.91 Å². The molecule has 1 heterocycles. The molecule has 13 heavy (non-hydrogen) atoms. The van der Waals surface area contributed by atoms with E-state index in [1.54, 1.807) is 6.92 Å². The number of aromatic nitrogens is 1. The molecule has 0 aliphatic rings. The molecule has 0 atom stereocenters. The smallest absolute Gasteiger partial charge is 0.273 e. The Kier molecular flexibility index (Phi) is 3.06. The molecule has 0 radical (unpaired) electrons. The summed E-state index contributed by atoms with van der Waals surface area (Å²) in [7, 11) is 0. The second-order valence-electron chi connectivity index (χ2n) is 3.36. The molecule has 0 aliphatic heterocycles. The molecule has 0 saturated heterocycles. The maximum atomic E-state index is 11.3. The highest BCUT2D eigenvalue weighted by Gasteiger charge is 2.09. The van der Waals surface area contributed by atoms with Crippen LogP contribution < -0.4 is 5.32 Å². The van der Waals surface area contributed by atoms with Gasteiger partial charge in [-0.1, -0.05) is 13.8 Å². The third-order valence-electron chi connectivity index (χ3n) is 1.52. The number of aryl methyl sites for hydroxylation is 1. The minimum Gasteiger partial charge on any atom is -0.448 e. The first-order chi connectivity index (χ1) is 6.09. The van der Waals surface area contributed by atoms with E-state index in [-0.39, 0.29) is 5.91 Å². The molecule has 1 N–H and O–H groups in total. The molecular formula is C9H14N2O2. The zero-order valence-corrected chi connectivity index (χ0v) is 8.13. The summed E-state index contributed by atoms with van der Waals surface area (Å²) in [4.78, 5) is 15.2. The summed E-state index contributed by atoms with van der Waals surface area (Å²) in [5, 5.41) is 2.75. The minimum absolute atomic E-state index is 0.175. The molecule has 1 rings (SSSR count). The number of nitrogens with zero attached hydrogens (tertiary/aromatic N) is 1. The van der Waals surface area contributed by atoms with Crippen molar-refractivity contribution in [3.05, 3.63) is 17.8 Å². The van der Waals surface area contributed by atoms with E-state index in [0.29, 0.717) is 24.0 Å². The van der Waals surface area contributed by atoms with Crippen LogP contribution in [-0.2, 0) is 0 Å². The number of nitrogens with one attached hydrogen (secondary N) is 1. The Morgan fingerprint density at radius 2 is 2.38 bits per heavy atom. The number of carbonyl (C=O) groups is 1. The van der Waals surface area contributed by atoms with Gasteiger partial charge in [-0.3, -0.25) is 4.79 Å². The lowest BCUT2D eigenvalue weighted by Crippen LogP contribution is -2.27.